The Morgan fingerprint density at radius 3 is 2.84 bits per heavy atom. The lowest BCUT2D eigenvalue weighted by atomic mass is 10.0. The molecule has 0 spiro atoms. The molecule has 0 atom stereocenters. The van der Waals surface area contributed by atoms with E-state index in [1.165, 1.54) is 5.56 Å². The van der Waals surface area contributed by atoms with Crippen molar-refractivity contribution < 1.29 is 4.74 Å². The fraction of sp³-hybridized carbons (Fsp3) is 0.125. The molecule has 0 fully saturated rings. The lowest BCUT2D eigenvalue weighted by molar-refractivity contribution is 0.357. The van der Waals surface area contributed by atoms with Gasteiger partial charge in [0.25, 0.3) is 0 Å². The highest BCUT2D eigenvalue weighted by Gasteiger charge is 2.17. The Bertz CT molecular complexity index is 753. The molecular weight excluding hydrogens is 236 g/mol. The summed E-state index contributed by atoms with van der Waals surface area (Å²) in [5.74, 6) is 0.971. The standard InChI is InChI=1S/C16H12N2O/c1-2-8-17-14(3-1)11-6-9-18-16-12(11)4-5-15-13(16)7-10-19-15/h1-6,8-9H,7,10H2. The zero-order valence-electron chi connectivity index (χ0n) is 10.3. The van der Waals surface area contributed by atoms with E-state index < -0.39 is 0 Å². The predicted octanol–water partition coefficient (Wildman–Crippen LogP) is 3.23. The molecule has 0 saturated heterocycles. The van der Waals surface area contributed by atoms with E-state index in [0.717, 1.165) is 40.9 Å². The van der Waals surface area contributed by atoms with Gasteiger partial charge in [-0.1, -0.05) is 6.07 Å². The van der Waals surface area contributed by atoms with Crippen molar-refractivity contribution in [2.75, 3.05) is 6.61 Å². The number of nitrogens with zero attached hydrogens (tertiary/aromatic N) is 2. The molecule has 0 saturated carbocycles. The van der Waals surface area contributed by atoms with Crippen LogP contribution in [0, 0.1) is 0 Å². The maximum absolute atomic E-state index is 5.60. The van der Waals surface area contributed by atoms with Crippen molar-refractivity contribution in [2.24, 2.45) is 0 Å². The number of fused-ring (bicyclic) bond motifs is 3. The third-order valence-electron chi connectivity index (χ3n) is 3.53. The first-order chi connectivity index (χ1) is 9.43. The van der Waals surface area contributed by atoms with E-state index in [-0.39, 0.29) is 0 Å². The summed E-state index contributed by atoms with van der Waals surface area (Å²) in [6.07, 6.45) is 4.61. The summed E-state index contributed by atoms with van der Waals surface area (Å²) >= 11 is 0. The molecule has 0 unspecified atom stereocenters. The summed E-state index contributed by atoms with van der Waals surface area (Å²) in [6.45, 7) is 0.754. The molecule has 1 aromatic carbocycles. The number of rotatable bonds is 1. The Hall–Kier alpha value is -2.42. The summed E-state index contributed by atoms with van der Waals surface area (Å²) < 4.78 is 5.60. The molecule has 0 radical (unpaired) electrons. The molecule has 3 heteroatoms. The Morgan fingerprint density at radius 1 is 0.947 bits per heavy atom. The van der Waals surface area contributed by atoms with Crippen LogP contribution in [0.4, 0.5) is 0 Å². The Morgan fingerprint density at radius 2 is 1.95 bits per heavy atom. The fourth-order valence-corrected chi connectivity index (χ4v) is 2.64. The third kappa shape index (κ3) is 1.58. The van der Waals surface area contributed by atoms with E-state index in [1.807, 2.05) is 42.7 Å². The predicted molar refractivity (Wildman–Crippen MR) is 74.2 cm³/mol. The molecule has 0 bridgehead atoms. The molecule has 0 amide bonds. The van der Waals surface area contributed by atoms with Gasteiger partial charge in [-0.3, -0.25) is 9.97 Å². The van der Waals surface area contributed by atoms with E-state index in [4.69, 9.17) is 4.74 Å². The van der Waals surface area contributed by atoms with Crippen LogP contribution in [0.5, 0.6) is 5.75 Å². The van der Waals surface area contributed by atoms with E-state index in [9.17, 15) is 0 Å². The van der Waals surface area contributed by atoms with Crippen LogP contribution >= 0.6 is 0 Å². The number of ether oxygens (including phenoxy) is 1. The van der Waals surface area contributed by atoms with Crippen LogP contribution in [-0.2, 0) is 6.42 Å². The molecular formula is C16H12N2O. The van der Waals surface area contributed by atoms with Gasteiger partial charge < -0.3 is 4.74 Å². The quantitative estimate of drug-likeness (QED) is 0.663. The van der Waals surface area contributed by atoms with Gasteiger partial charge in [0.15, 0.2) is 0 Å². The average Bonchev–Trinajstić information content (AvgIpc) is 2.96. The minimum atomic E-state index is 0.754. The van der Waals surface area contributed by atoms with Crippen molar-refractivity contribution in [3.63, 3.8) is 0 Å². The van der Waals surface area contributed by atoms with Crippen LogP contribution in [-0.4, -0.2) is 16.6 Å². The normalized spacial score (nSPS) is 13.3. The first-order valence-electron chi connectivity index (χ1n) is 6.38. The van der Waals surface area contributed by atoms with Crippen molar-refractivity contribution >= 4 is 10.9 Å². The van der Waals surface area contributed by atoms with Crippen molar-refractivity contribution in [1.29, 1.82) is 0 Å². The summed E-state index contributed by atoms with van der Waals surface area (Å²) in [4.78, 5) is 8.96. The zero-order valence-corrected chi connectivity index (χ0v) is 10.3. The van der Waals surface area contributed by atoms with Gasteiger partial charge in [0, 0.05) is 35.3 Å². The molecule has 0 N–H and O–H groups in total. The molecule has 3 heterocycles. The Balaban J connectivity index is 2.04. The van der Waals surface area contributed by atoms with Gasteiger partial charge >= 0.3 is 0 Å². The highest BCUT2D eigenvalue weighted by Crippen LogP contribution is 2.35. The number of pyridine rings is 2. The van der Waals surface area contributed by atoms with Gasteiger partial charge in [0.05, 0.1) is 17.8 Å². The van der Waals surface area contributed by atoms with Gasteiger partial charge in [-0.25, -0.2) is 0 Å². The van der Waals surface area contributed by atoms with E-state index in [1.54, 1.807) is 0 Å². The molecule has 3 nitrogen and oxygen atoms in total. The minimum Gasteiger partial charge on any atom is -0.493 e. The number of hydrogen-bond acceptors (Lipinski definition) is 3. The molecule has 2 aromatic heterocycles. The largest absolute Gasteiger partial charge is 0.493 e. The fourth-order valence-electron chi connectivity index (χ4n) is 2.64. The summed E-state index contributed by atoms with van der Waals surface area (Å²) in [5.41, 5.74) is 4.36. The minimum absolute atomic E-state index is 0.754. The molecule has 1 aliphatic heterocycles. The van der Waals surface area contributed by atoms with Crippen molar-refractivity contribution in [3.8, 4) is 17.0 Å². The number of aromatic nitrogens is 2. The van der Waals surface area contributed by atoms with Crippen molar-refractivity contribution in [3.05, 3.63) is 54.4 Å². The maximum Gasteiger partial charge on any atom is 0.124 e. The lowest BCUT2D eigenvalue weighted by Gasteiger charge is -2.08. The monoisotopic (exact) mass is 248 g/mol. The van der Waals surface area contributed by atoms with Gasteiger partial charge in [-0.05, 0) is 30.3 Å². The number of benzene rings is 1. The SMILES string of the molecule is c1ccc(-c2ccnc3c4c(ccc23)OCC4)nc1. The van der Waals surface area contributed by atoms with E-state index in [2.05, 4.69) is 16.0 Å². The zero-order chi connectivity index (χ0) is 12.7. The van der Waals surface area contributed by atoms with Gasteiger partial charge in [-0.2, -0.15) is 0 Å². The van der Waals surface area contributed by atoms with Crippen LogP contribution in [0.1, 0.15) is 5.56 Å². The highest BCUT2D eigenvalue weighted by molar-refractivity contribution is 5.96. The van der Waals surface area contributed by atoms with Crippen LogP contribution in [0.2, 0.25) is 0 Å². The van der Waals surface area contributed by atoms with Crippen molar-refractivity contribution in [2.45, 2.75) is 6.42 Å². The van der Waals surface area contributed by atoms with Gasteiger partial charge in [-0.15, -0.1) is 0 Å². The second kappa shape index (κ2) is 4.05. The molecule has 19 heavy (non-hydrogen) atoms. The second-order valence-corrected chi connectivity index (χ2v) is 4.61. The maximum atomic E-state index is 5.60. The highest BCUT2D eigenvalue weighted by atomic mass is 16.5. The van der Waals surface area contributed by atoms with Crippen LogP contribution in [0.15, 0.2) is 48.8 Å². The third-order valence-corrected chi connectivity index (χ3v) is 3.53. The summed E-state index contributed by atoms with van der Waals surface area (Å²) in [6, 6.07) is 12.1. The smallest absolute Gasteiger partial charge is 0.124 e. The van der Waals surface area contributed by atoms with Crippen LogP contribution in [0.25, 0.3) is 22.2 Å². The van der Waals surface area contributed by atoms with Crippen molar-refractivity contribution in [1.82, 2.24) is 9.97 Å². The molecule has 92 valence electrons. The summed E-state index contributed by atoms with van der Waals surface area (Å²) in [7, 11) is 0. The molecule has 0 aliphatic carbocycles. The number of hydrogen-bond donors (Lipinski definition) is 0. The Kier molecular flexibility index (Phi) is 2.24. The first-order valence-corrected chi connectivity index (χ1v) is 6.38. The van der Waals surface area contributed by atoms with Crippen LogP contribution < -0.4 is 4.74 Å². The van der Waals surface area contributed by atoms with Gasteiger partial charge in [0.2, 0.25) is 0 Å². The Labute approximate surface area is 110 Å². The molecule has 1 aliphatic rings. The van der Waals surface area contributed by atoms with Gasteiger partial charge in [0.1, 0.15) is 5.75 Å². The lowest BCUT2D eigenvalue weighted by Crippen LogP contribution is -1.90. The van der Waals surface area contributed by atoms with Crippen LogP contribution in [0.3, 0.4) is 0 Å². The second-order valence-electron chi connectivity index (χ2n) is 4.61. The average molecular weight is 248 g/mol. The van der Waals surface area contributed by atoms with E-state index in [0.29, 0.717) is 0 Å². The van der Waals surface area contributed by atoms with E-state index >= 15 is 0 Å². The molecule has 4 rings (SSSR count). The summed E-state index contributed by atoms with van der Waals surface area (Å²) in [5, 5.41) is 1.14. The first kappa shape index (κ1) is 10.5. The molecule has 3 aromatic rings. The topological polar surface area (TPSA) is 35.0 Å².